The number of aliphatic hydroxyl groups excluding tert-OH is 1. The summed E-state index contributed by atoms with van der Waals surface area (Å²) in [7, 11) is 0. The molecule has 0 aliphatic heterocycles. The SMILES string of the molecule is CSCCOC(C)O. The van der Waals surface area contributed by atoms with Gasteiger partial charge >= 0.3 is 0 Å². The van der Waals surface area contributed by atoms with E-state index >= 15 is 0 Å². The smallest absolute Gasteiger partial charge is 0.151 e. The molecular weight excluding hydrogens is 124 g/mol. The highest BCUT2D eigenvalue weighted by Gasteiger charge is 1.90. The third-order valence-corrected chi connectivity index (χ3v) is 1.22. The maximum Gasteiger partial charge on any atom is 0.151 e. The Morgan fingerprint density at radius 3 is 2.75 bits per heavy atom. The van der Waals surface area contributed by atoms with Gasteiger partial charge in [0.15, 0.2) is 6.29 Å². The molecule has 0 amide bonds. The van der Waals surface area contributed by atoms with Crippen LogP contribution in [0, 0.1) is 0 Å². The number of thioether (sulfide) groups is 1. The predicted molar refractivity (Wildman–Crippen MR) is 36.0 cm³/mol. The van der Waals surface area contributed by atoms with Crippen LogP contribution in [0.3, 0.4) is 0 Å². The van der Waals surface area contributed by atoms with Gasteiger partial charge in [0.25, 0.3) is 0 Å². The second-order valence-corrected chi connectivity index (χ2v) is 2.45. The normalized spacial score (nSPS) is 13.9. The van der Waals surface area contributed by atoms with Crippen LogP contribution in [0.5, 0.6) is 0 Å². The molecule has 0 aliphatic carbocycles. The molecule has 3 heteroatoms. The first kappa shape index (κ1) is 8.27. The van der Waals surface area contributed by atoms with Gasteiger partial charge in [0, 0.05) is 5.75 Å². The van der Waals surface area contributed by atoms with E-state index in [-0.39, 0.29) is 0 Å². The van der Waals surface area contributed by atoms with E-state index in [9.17, 15) is 0 Å². The molecule has 0 fully saturated rings. The third-order valence-electron chi connectivity index (χ3n) is 0.647. The molecule has 0 aromatic heterocycles. The van der Waals surface area contributed by atoms with Crippen molar-refractivity contribution in [2.24, 2.45) is 0 Å². The van der Waals surface area contributed by atoms with Crippen LogP contribution in [0.25, 0.3) is 0 Å². The van der Waals surface area contributed by atoms with Crippen LogP contribution in [0.1, 0.15) is 6.92 Å². The fourth-order valence-corrected chi connectivity index (χ4v) is 0.565. The first-order valence-electron chi connectivity index (χ1n) is 2.56. The lowest BCUT2D eigenvalue weighted by atomic mass is 10.7. The van der Waals surface area contributed by atoms with Crippen molar-refractivity contribution in [2.45, 2.75) is 13.2 Å². The number of hydrogen-bond donors (Lipinski definition) is 1. The molecule has 0 heterocycles. The topological polar surface area (TPSA) is 29.5 Å². The van der Waals surface area contributed by atoms with E-state index in [0.717, 1.165) is 5.75 Å². The minimum Gasteiger partial charge on any atom is -0.368 e. The van der Waals surface area contributed by atoms with Gasteiger partial charge in [-0.3, -0.25) is 0 Å². The minimum atomic E-state index is -0.609. The molecule has 0 aromatic carbocycles. The van der Waals surface area contributed by atoms with Gasteiger partial charge in [-0.15, -0.1) is 0 Å². The maximum absolute atomic E-state index is 8.55. The Kier molecular flexibility index (Phi) is 5.59. The first-order valence-corrected chi connectivity index (χ1v) is 3.95. The van der Waals surface area contributed by atoms with Crippen LogP contribution < -0.4 is 0 Å². The molecule has 0 bridgehead atoms. The molecule has 0 rings (SSSR count). The summed E-state index contributed by atoms with van der Waals surface area (Å²) >= 11 is 1.71. The van der Waals surface area contributed by atoms with Gasteiger partial charge in [0.1, 0.15) is 0 Å². The van der Waals surface area contributed by atoms with Gasteiger partial charge in [-0.1, -0.05) is 0 Å². The monoisotopic (exact) mass is 136 g/mol. The van der Waals surface area contributed by atoms with Crippen LogP contribution in [0.15, 0.2) is 0 Å². The van der Waals surface area contributed by atoms with E-state index in [2.05, 4.69) is 0 Å². The average molecular weight is 136 g/mol. The van der Waals surface area contributed by atoms with Crippen molar-refractivity contribution in [3.05, 3.63) is 0 Å². The van der Waals surface area contributed by atoms with Gasteiger partial charge < -0.3 is 9.84 Å². The molecule has 1 unspecified atom stereocenters. The summed E-state index contributed by atoms with van der Waals surface area (Å²) in [4.78, 5) is 0. The minimum absolute atomic E-state index is 0.609. The van der Waals surface area contributed by atoms with Gasteiger partial charge in [0.05, 0.1) is 6.61 Å². The van der Waals surface area contributed by atoms with E-state index in [1.54, 1.807) is 18.7 Å². The Balaban J connectivity index is 2.72. The summed E-state index contributed by atoms with van der Waals surface area (Å²) in [5.41, 5.74) is 0. The molecule has 0 aromatic rings. The Hall–Kier alpha value is 0.270. The lowest BCUT2D eigenvalue weighted by Crippen LogP contribution is -2.08. The zero-order valence-corrected chi connectivity index (χ0v) is 6.07. The van der Waals surface area contributed by atoms with Crippen LogP contribution in [-0.2, 0) is 4.74 Å². The summed E-state index contributed by atoms with van der Waals surface area (Å²) in [5.74, 6) is 0.949. The van der Waals surface area contributed by atoms with Crippen molar-refractivity contribution in [2.75, 3.05) is 18.6 Å². The molecule has 50 valence electrons. The largest absolute Gasteiger partial charge is 0.368 e. The molecule has 0 aliphatic rings. The standard InChI is InChI=1S/C5H12O2S/c1-5(6)7-3-4-8-2/h5-6H,3-4H2,1-2H3. The van der Waals surface area contributed by atoms with Gasteiger partial charge in [-0.05, 0) is 13.2 Å². The number of rotatable bonds is 4. The Bertz CT molecular complexity index is 47.7. The second-order valence-electron chi connectivity index (χ2n) is 1.46. The van der Waals surface area contributed by atoms with Crippen LogP contribution in [0.2, 0.25) is 0 Å². The molecule has 8 heavy (non-hydrogen) atoms. The quantitative estimate of drug-likeness (QED) is 0.456. The molecule has 1 atom stereocenters. The van der Waals surface area contributed by atoms with Crippen molar-refractivity contribution in [3.63, 3.8) is 0 Å². The van der Waals surface area contributed by atoms with E-state index in [1.807, 2.05) is 6.26 Å². The predicted octanol–water partition coefficient (Wildman–Crippen LogP) is 0.704. The highest BCUT2D eigenvalue weighted by Crippen LogP contribution is 1.92. The highest BCUT2D eigenvalue weighted by molar-refractivity contribution is 7.98. The van der Waals surface area contributed by atoms with Crippen molar-refractivity contribution < 1.29 is 9.84 Å². The lowest BCUT2D eigenvalue weighted by Gasteiger charge is -2.03. The highest BCUT2D eigenvalue weighted by atomic mass is 32.2. The van der Waals surface area contributed by atoms with Crippen molar-refractivity contribution in [1.29, 1.82) is 0 Å². The fourth-order valence-electron chi connectivity index (χ4n) is 0.302. The summed E-state index contributed by atoms with van der Waals surface area (Å²) in [6.07, 6.45) is 1.40. The molecule has 0 saturated heterocycles. The van der Waals surface area contributed by atoms with Crippen molar-refractivity contribution in [1.82, 2.24) is 0 Å². The zero-order valence-electron chi connectivity index (χ0n) is 5.26. The summed E-state index contributed by atoms with van der Waals surface area (Å²) in [6, 6.07) is 0. The number of hydrogen-bond acceptors (Lipinski definition) is 3. The molecule has 0 saturated carbocycles. The third kappa shape index (κ3) is 6.27. The molecule has 0 spiro atoms. The Morgan fingerprint density at radius 2 is 2.38 bits per heavy atom. The van der Waals surface area contributed by atoms with Crippen molar-refractivity contribution >= 4 is 11.8 Å². The summed E-state index contributed by atoms with van der Waals surface area (Å²) in [5, 5.41) is 8.55. The number of aliphatic hydroxyl groups is 1. The zero-order chi connectivity index (χ0) is 6.41. The summed E-state index contributed by atoms with van der Waals surface area (Å²) in [6.45, 7) is 2.25. The van der Waals surface area contributed by atoms with Gasteiger partial charge in [-0.25, -0.2) is 0 Å². The van der Waals surface area contributed by atoms with E-state index in [1.165, 1.54) is 0 Å². The van der Waals surface area contributed by atoms with Gasteiger partial charge in [0.2, 0.25) is 0 Å². The molecule has 2 nitrogen and oxygen atoms in total. The molecule has 0 radical (unpaired) electrons. The molecular formula is C5H12O2S. The van der Waals surface area contributed by atoms with E-state index < -0.39 is 6.29 Å². The fraction of sp³-hybridized carbons (Fsp3) is 1.00. The first-order chi connectivity index (χ1) is 3.77. The van der Waals surface area contributed by atoms with Crippen LogP contribution in [0.4, 0.5) is 0 Å². The van der Waals surface area contributed by atoms with Crippen LogP contribution >= 0.6 is 11.8 Å². The number of ether oxygens (including phenoxy) is 1. The second kappa shape index (κ2) is 5.41. The Labute approximate surface area is 54.2 Å². The average Bonchev–Trinajstić information content (AvgIpc) is 1.66. The van der Waals surface area contributed by atoms with Crippen molar-refractivity contribution in [3.8, 4) is 0 Å². The van der Waals surface area contributed by atoms with E-state index in [0.29, 0.717) is 6.61 Å². The van der Waals surface area contributed by atoms with E-state index in [4.69, 9.17) is 9.84 Å². The maximum atomic E-state index is 8.55. The lowest BCUT2D eigenvalue weighted by molar-refractivity contribution is -0.0790. The van der Waals surface area contributed by atoms with Crippen LogP contribution in [-0.4, -0.2) is 30.0 Å². The summed E-state index contributed by atoms with van der Waals surface area (Å²) < 4.78 is 4.82. The Morgan fingerprint density at radius 1 is 1.75 bits per heavy atom. The molecule has 1 N–H and O–H groups in total. The van der Waals surface area contributed by atoms with Gasteiger partial charge in [-0.2, -0.15) is 11.8 Å².